The molecular formula is C17H18N2O. The topological polar surface area (TPSA) is 41.1 Å². The van der Waals surface area contributed by atoms with E-state index in [1.54, 1.807) is 0 Å². The van der Waals surface area contributed by atoms with Gasteiger partial charge >= 0.3 is 0 Å². The van der Waals surface area contributed by atoms with Crippen LogP contribution >= 0.6 is 0 Å². The molecule has 2 aromatic rings. The normalized spacial score (nSPS) is 11.8. The molecule has 102 valence electrons. The fraction of sp³-hybridized carbons (Fsp3) is 0.235. The molecule has 0 bridgehead atoms. The molecule has 0 aliphatic rings. The molecule has 0 fully saturated rings. The fourth-order valence-electron chi connectivity index (χ4n) is 2.09. The zero-order chi connectivity index (χ0) is 14.4. The first-order chi connectivity index (χ1) is 9.72. The lowest BCUT2D eigenvalue weighted by Gasteiger charge is -2.14. The number of amides is 1. The molecule has 0 saturated carbocycles. The summed E-state index contributed by atoms with van der Waals surface area (Å²) in [6.45, 7) is 2.74. The Morgan fingerprint density at radius 1 is 1.25 bits per heavy atom. The average Bonchev–Trinajstić information content (AvgIpc) is 2.50. The Morgan fingerprint density at radius 2 is 2.00 bits per heavy atom. The largest absolute Gasteiger partial charge is 0.344 e. The van der Waals surface area contributed by atoms with Crippen molar-refractivity contribution in [3.63, 3.8) is 0 Å². The number of hydrogen-bond acceptors (Lipinski definition) is 2. The van der Waals surface area contributed by atoms with E-state index in [1.165, 1.54) is 16.3 Å². The summed E-state index contributed by atoms with van der Waals surface area (Å²) in [5, 5.41) is 8.30. The van der Waals surface area contributed by atoms with E-state index >= 15 is 0 Å². The third-order valence-electron chi connectivity index (χ3n) is 3.24. The summed E-state index contributed by atoms with van der Waals surface area (Å²) in [4.78, 5) is 11.7. The second-order valence-corrected chi connectivity index (χ2v) is 4.66. The van der Waals surface area contributed by atoms with Gasteiger partial charge < -0.3 is 10.6 Å². The van der Waals surface area contributed by atoms with Crippen LogP contribution in [-0.4, -0.2) is 18.5 Å². The minimum absolute atomic E-state index is 0.0804. The second-order valence-electron chi connectivity index (χ2n) is 4.66. The molecule has 3 heteroatoms. The van der Waals surface area contributed by atoms with E-state index in [2.05, 4.69) is 40.8 Å². The SMILES string of the molecule is C#CCNC(=O)C(C)NCc1cccc2ccccc12. The van der Waals surface area contributed by atoms with Crippen LogP contribution in [0.4, 0.5) is 0 Å². The number of rotatable bonds is 5. The Labute approximate surface area is 119 Å². The Hall–Kier alpha value is -2.31. The van der Waals surface area contributed by atoms with Crippen molar-refractivity contribution in [2.45, 2.75) is 19.5 Å². The number of nitrogens with one attached hydrogen (secondary N) is 2. The van der Waals surface area contributed by atoms with Crippen molar-refractivity contribution in [1.82, 2.24) is 10.6 Å². The molecule has 2 N–H and O–H groups in total. The van der Waals surface area contributed by atoms with Gasteiger partial charge in [0, 0.05) is 6.54 Å². The number of carbonyl (C=O) groups is 1. The second kappa shape index (κ2) is 6.74. The number of benzene rings is 2. The lowest BCUT2D eigenvalue weighted by molar-refractivity contribution is -0.122. The molecule has 1 amide bonds. The Bertz CT molecular complexity index is 637. The van der Waals surface area contributed by atoms with Crippen LogP contribution in [0.2, 0.25) is 0 Å². The summed E-state index contributed by atoms with van der Waals surface area (Å²) >= 11 is 0. The van der Waals surface area contributed by atoms with E-state index in [-0.39, 0.29) is 18.5 Å². The van der Waals surface area contributed by atoms with Gasteiger partial charge in [-0.1, -0.05) is 48.4 Å². The van der Waals surface area contributed by atoms with Gasteiger partial charge in [0.15, 0.2) is 0 Å². The molecule has 0 saturated heterocycles. The first-order valence-electron chi connectivity index (χ1n) is 6.63. The van der Waals surface area contributed by atoms with Crippen molar-refractivity contribution < 1.29 is 4.79 Å². The van der Waals surface area contributed by atoms with Crippen molar-refractivity contribution in [1.29, 1.82) is 0 Å². The van der Waals surface area contributed by atoms with Crippen molar-refractivity contribution >= 4 is 16.7 Å². The maximum absolute atomic E-state index is 11.7. The number of fused-ring (bicyclic) bond motifs is 1. The fourth-order valence-corrected chi connectivity index (χ4v) is 2.09. The Morgan fingerprint density at radius 3 is 2.80 bits per heavy atom. The van der Waals surface area contributed by atoms with E-state index in [4.69, 9.17) is 6.42 Å². The molecule has 0 radical (unpaired) electrons. The molecule has 0 aromatic heterocycles. The maximum Gasteiger partial charge on any atom is 0.237 e. The highest BCUT2D eigenvalue weighted by atomic mass is 16.2. The van der Waals surface area contributed by atoms with Gasteiger partial charge in [0.05, 0.1) is 12.6 Å². The van der Waals surface area contributed by atoms with Crippen LogP contribution < -0.4 is 10.6 Å². The van der Waals surface area contributed by atoms with Crippen LogP contribution in [0.25, 0.3) is 10.8 Å². The number of carbonyl (C=O) groups excluding carboxylic acids is 1. The predicted molar refractivity (Wildman–Crippen MR) is 82.1 cm³/mol. The molecule has 3 nitrogen and oxygen atoms in total. The minimum Gasteiger partial charge on any atom is -0.344 e. The van der Waals surface area contributed by atoms with Crippen molar-refractivity contribution in [2.24, 2.45) is 0 Å². The lowest BCUT2D eigenvalue weighted by Crippen LogP contribution is -2.41. The van der Waals surface area contributed by atoms with Crippen LogP contribution in [0.15, 0.2) is 42.5 Å². The zero-order valence-electron chi connectivity index (χ0n) is 11.5. The summed E-state index contributed by atoms with van der Waals surface area (Å²) in [5.74, 6) is 2.31. The van der Waals surface area contributed by atoms with Crippen LogP contribution in [-0.2, 0) is 11.3 Å². The van der Waals surface area contributed by atoms with Gasteiger partial charge in [-0.15, -0.1) is 6.42 Å². The van der Waals surface area contributed by atoms with E-state index in [0.717, 1.165) is 0 Å². The highest BCUT2D eigenvalue weighted by Crippen LogP contribution is 2.18. The summed E-state index contributed by atoms with van der Waals surface area (Å²) in [6, 6.07) is 14.1. The smallest absolute Gasteiger partial charge is 0.237 e. The molecule has 0 spiro atoms. The average molecular weight is 266 g/mol. The van der Waals surface area contributed by atoms with E-state index in [0.29, 0.717) is 6.54 Å². The molecule has 0 aliphatic carbocycles. The molecule has 20 heavy (non-hydrogen) atoms. The highest BCUT2D eigenvalue weighted by Gasteiger charge is 2.11. The van der Waals surface area contributed by atoms with Crippen molar-refractivity contribution in [2.75, 3.05) is 6.54 Å². The van der Waals surface area contributed by atoms with Crippen LogP contribution in [0.3, 0.4) is 0 Å². The molecule has 2 rings (SSSR count). The molecule has 0 aliphatic heterocycles. The molecule has 0 heterocycles. The Kier molecular flexibility index (Phi) is 4.75. The van der Waals surface area contributed by atoms with E-state index in [9.17, 15) is 4.79 Å². The summed E-state index contributed by atoms with van der Waals surface area (Å²) < 4.78 is 0. The lowest BCUT2D eigenvalue weighted by atomic mass is 10.0. The molecule has 1 unspecified atom stereocenters. The third-order valence-corrected chi connectivity index (χ3v) is 3.24. The van der Waals surface area contributed by atoms with Crippen molar-refractivity contribution in [3.05, 3.63) is 48.0 Å². The summed E-state index contributed by atoms with van der Waals surface area (Å²) in [5.41, 5.74) is 1.18. The van der Waals surface area contributed by atoms with Gasteiger partial charge in [0.2, 0.25) is 5.91 Å². The summed E-state index contributed by atoms with van der Waals surface area (Å²) in [7, 11) is 0. The maximum atomic E-state index is 11.7. The number of hydrogen-bond donors (Lipinski definition) is 2. The minimum atomic E-state index is -0.276. The zero-order valence-corrected chi connectivity index (χ0v) is 11.5. The van der Waals surface area contributed by atoms with E-state index in [1.807, 2.05) is 25.1 Å². The van der Waals surface area contributed by atoms with Gasteiger partial charge in [-0.05, 0) is 23.3 Å². The monoisotopic (exact) mass is 266 g/mol. The highest BCUT2D eigenvalue weighted by molar-refractivity contribution is 5.86. The van der Waals surface area contributed by atoms with Gasteiger partial charge in [-0.3, -0.25) is 4.79 Å². The molecule has 2 aromatic carbocycles. The van der Waals surface area contributed by atoms with Gasteiger partial charge in [0.25, 0.3) is 0 Å². The quantitative estimate of drug-likeness (QED) is 0.813. The molecular weight excluding hydrogens is 248 g/mol. The van der Waals surface area contributed by atoms with Gasteiger partial charge in [0.1, 0.15) is 0 Å². The van der Waals surface area contributed by atoms with Gasteiger partial charge in [-0.25, -0.2) is 0 Å². The van der Waals surface area contributed by atoms with Crippen LogP contribution in [0.5, 0.6) is 0 Å². The third kappa shape index (κ3) is 3.37. The predicted octanol–water partition coefficient (Wildman–Crippen LogP) is 2.07. The van der Waals surface area contributed by atoms with Crippen LogP contribution in [0, 0.1) is 12.3 Å². The van der Waals surface area contributed by atoms with E-state index < -0.39 is 0 Å². The van der Waals surface area contributed by atoms with Crippen LogP contribution in [0.1, 0.15) is 12.5 Å². The summed E-state index contributed by atoms with van der Waals surface area (Å²) in [6.07, 6.45) is 5.12. The first-order valence-corrected chi connectivity index (χ1v) is 6.63. The standard InChI is InChI=1S/C17H18N2O/c1-3-11-18-17(20)13(2)19-12-15-9-6-8-14-7-4-5-10-16(14)15/h1,4-10,13,19H,11-12H2,2H3,(H,18,20). The molecule has 1 atom stereocenters. The van der Waals surface area contributed by atoms with Crippen molar-refractivity contribution in [3.8, 4) is 12.3 Å². The Balaban J connectivity index is 2.03. The first kappa shape index (κ1) is 14.1. The number of terminal acetylenes is 1. The van der Waals surface area contributed by atoms with Gasteiger partial charge in [-0.2, -0.15) is 0 Å².